The summed E-state index contributed by atoms with van der Waals surface area (Å²) in [5.74, 6) is -0.675. The Balaban J connectivity index is 2.13. The van der Waals surface area contributed by atoms with Crippen LogP contribution >= 0.6 is 0 Å². The first-order valence-corrected chi connectivity index (χ1v) is 6.20. The van der Waals surface area contributed by atoms with E-state index >= 15 is 0 Å². The molecule has 2 aromatic rings. The molecule has 0 saturated heterocycles. The highest BCUT2D eigenvalue weighted by molar-refractivity contribution is 5.94. The van der Waals surface area contributed by atoms with Crippen LogP contribution in [-0.4, -0.2) is 5.91 Å². The average Bonchev–Trinajstić information content (AvgIpc) is 2.39. The lowest BCUT2D eigenvalue weighted by molar-refractivity contribution is 0.0939. The zero-order valence-electron chi connectivity index (χ0n) is 11.0. The molecule has 0 aliphatic carbocycles. The molecule has 0 bridgehead atoms. The molecule has 0 fully saturated rings. The predicted octanol–water partition coefficient (Wildman–Crippen LogP) is 3.63. The summed E-state index contributed by atoms with van der Waals surface area (Å²) in [7, 11) is 0. The van der Waals surface area contributed by atoms with Crippen LogP contribution < -0.4 is 5.32 Å². The van der Waals surface area contributed by atoms with Crippen LogP contribution in [0.3, 0.4) is 0 Å². The number of carbonyl (C=O) groups excluding carboxylic acids is 1. The highest BCUT2D eigenvalue weighted by Crippen LogP contribution is 2.17. The first-order chi connectivity index (χ1) is 9.08. The molecule has 0 heterocycles. The number of rotatable bonds is 3. The second kappa shape index (κ2) is 5.65. The van der Waals surface area contributed by atoms with E-state index in [4.69, 9.17) is 0 Å². The second-order valence-corrected chi connectivity index (χ2v) is 4.56. The summed E-state index contributed by atoms with van der Waals surface area (Å²) < 4.78 is 13.1. The number of benzene rings is 2. The second-order valence-electron chi connectivity index (χ2n) is 4.56. The molecule has 98 valence electrons. The molecule has 2 nitrogen and oxygen atoms in total. The Morgan fingerprint density at radius 3 is 2.58 bits per heavy atom. The van der Waals surface area contributed by atoms with E-state index in [1.54, 1.807) is 6.07 Å². The molecule has 1 atom stereocenters. The summed E-state index contributed by atoms with van der Waals surface area (Å²) in [5, 5.41) is 2.87. The summed E-state index contributed by atoms with van der Waals surface area (Å²) in [6.07, 6.45) is 0. The smallest absolute Gasteiger partial charge is 0.251 e. The van der Waals surface area contributed by atoms with E-state index in [1.165, 1.54) is 18.2 Å². The predicted molar refractivity (Wildman–Crippen MR) is 73.5 cm³/mol. The normalized spacial score (nSPS) is 11.9. The third-order valence-electron chi connectivity index (χ3n) is 3.09. The minimum absolute atomic E-state index is 0.114. The van der Waals surface area contributed by atoms with Crippen LogP contribution in [0.15, 0.2) is 48.5 Å². The van der Waals surface area contributed by atoms with Gasteiger partial charge in [-0.05, 0) is 43.2 Å². The number of hydrogen-bond donors (Lipinski definition) is 1. The van der Waals surface area contributed by atoms with Crippen molar-refractivity contribution in [2.24, 2.45) is 0 Å². The SMILES string of the molecule is Cc1ccccc1C(C)NC(=O)c1cccc(F)c1. The van der Waals surface area contributed by atoms with Crippen molar-refractivity contribution in [3.63, 3.8) is 0 Å². The number of hydrogen-bond acceptors (Lipinski definition) is 1. The molecule has 2 rings (SSSR count). The van der Waals surface area contributed by atoms with Crippen molar-refractivity contribution in [1.29, 1.82) is 0 Å². The molecule has 1 N–H and O–H groups in total. The van der Waals surface area contributed by atoms with Gasteiger partial charge in [-0.2, -0.15) is 0 Å². The molecule has 0 aromatic heterocycles. The molecule has 0 aliphatic rings. The van der Waals surface area contributed by atoms with Crippen LogP contribution in [0.2, 0.25) is 0 Å². The summed E-state index contributed by atoms with van der Waals surface area (Å²) in [5.41, 5.74) is 2.52. The monoisotopic (exact) mass is 257 g/mol. The van der Waals surface area contributed by atoms with Gasteiger partial charge < -0.3 is 5.32 Å². The Morgan fingerprint density at radius 1 is 1.16 bits per heavy atom. The fourth-order valence-electron chi connectivity index (χ4n) is 2.06. The van der Waals surface area contributed by atoms with Gasteiger partial charge in [-0.15, -0.1) is 0 Å². The maximum absolute atomic E-state index is 13.1. The fraction of sp³-hybridized carbons (Fsp3) is 0.188. The van der Waals surface area contributed by atoms with Crippen LogP contribution in [0.1, 0.15) is 34.5 Å². The zero-order chi connectivity index (χ0) is 13.8. The molecule has 3 heteroatoms. The van der Waals surface area contributed by atoms with Crippen LogP contribution in [0.25, 0.3) is 0 Å². The first-order valence-electron chi connectivity index (χ1n) is 6.20. The fourth-order valence-corrected chi connectivity index (χ4v) is 2.06. The van der Waals surface area contributed by atoms with Crippen LogP contribution in [-0.2, 0) is 0 Å². The van der Waals surface area contributed by atoms with Gasteiger partial charge >= 0.3 is 0 Å². The quantitative estimate of drug-likeness (QED) is 0.893. The van der Waals surface area contributed by atoms with Gasteiger partial charge in [0.25, 0.3) is 5.91 Å². The van der Waals surface area contributed by atoms with Crippen molar-refractivity contribution in [3.8, 4) is 0 Å². The molecule has 1 amide bonds. The summed E-state index contributed by atoms with van der Waals surface area (Å²) >= 11 is 0. The van der Waals surface area contributed by atoms with Gasteiger partial charge in [0.05, 0.1) is 6.04 Å². The van der Waals surface area contributed by atoms with Gasteiger partial charge in [0.1, 0.15) is 5.82 Å². The number of amides is 1. The molecular weight excluding hydrogens is 241 g/mol. The first kappa shape index (κ1) is 13.3. The summed E-state index contributed by atoms with van der Waals surface area (Å²) in [6, 6.07) is 13.4. The Labute approximate surface area is 112 Å². The molecule has 2 aromatic carbocycles. The molecule has 0 saturated carbocycles. The van der Waals surface area contributed by atoms with Crippen molar-refractivity contribution in [2.75, 3.05) is 0 Å². The summed E-state index contributed by atoms with van der Waals surface area (Å²) in [4.78, 5) is 12.0. The van der Waals surface area contributed by atoms with Crippen molar-refractivity contribution in [1.82, 2.24) is 5.32 Å². The van der Waals surface area contributed by atoms with Gasteiger partial charge in [-0.3, -0.25) is 4.79 Å². The number of aryl methyl sites for hydroxylation is 1. The van der Waals surface area contributed by atoms with E-state index in [9.17, 15) is 9.18 Å². The minimum Gasteiger partial charge on any atom is -0.346 e. The number of nitrogens with one attached hydrogen (secondary N) is 1. The molecular formula is C16H16FNO. The Hall–Kier alpha value is -2.16. The van der Waals surface area contributed by atoms with Crippen molar-refractivity contribution >= 4 is 5.91 Å². The van der Waals surface area contributed by atoms with Crippen molar-refractivity contribution in [2.45, 2.75) is 19.9 Å². The molecule has 0 spiro atoms. The molecule has 0 aliphatic heterocycles. The van der Waals surface area contributed by atoms with Gasteiger partial charge in [0.15, 0.2) is 0 Å². The van der Waals surface area contributed by atoms with Crippen molar-refractivity contribution in [3.05, 3.63) is 71.0 Å². The minimum atomic E-state index is -0.406. The number of halogens is 1. The lowest BCUT2D eigenvalue weighted by Crippen LogP contribution is -2.27. The van der Waals surface area contributed by atoms with E-state index in [0.29, 0.717) is 5.56 Å². The Bertz CT molecular complexity index is 595. The van der Waals surface area contributed by atoms with Gasteiger partial charge in [-0.25, -0.2) is 4.39 Å². The van der Waals surface area contributed by atoms with Gasteiger partial charge in [-0.1, -0.05) is 30.3 Å². The molecule has 0 radical (unpaired) electrons. The highest BCUT2D eigenvalue weighted by atomic mass is 19.1. The lowest BCUT2D eigenvalue weighted by atomic mass is 10.0. The number of carbonyl (C=O) groups is 1. The Morgan fingerprint density at radius 2 is 1.89 bits per heavy atom. The van der Waals surface area contributed by atoms with Gasteiger partial charge in [0, 0.05) is 5.56 Å². The van der Waals surface area contributed by atoms with Crippen molar-refractivity contribution < 1.29 is 9.18 Å². The van der Waals surface area contributed by atoms with Gasteiger partial charge in [0.2, 0.25) is 0 Å². The lowest BCUT2D eigenvalue weighted by Gasteiger charge is -2.16. The van der Waals surface area contributed by atoms with Crippen LogP contribution in [0, 0.1) is 12.7 Å². The van der Waals surface area contributed by atoms with E-state index in [1.807, 2.05) is 38.1 Å². The largest absolute Gasteiger partial charge is 0.346 e. The average molecular weight is 257 g/mol. The van der Waals surface area contributed by atoms with Crippen LogP contribution in [0.4, 0.5) is 4.39 Å². The van der Waals surface area contributed by atoms with E-state index in [0.717, 1.165) is 11.1 Å². The zero-order valence-corrected chi connectivity index (χ0v) is 11.0. The summed E-state index contributed by atoms with van der Waals surface area (Å²) in [6.45, 7) is 3.92. The van der Waals surface area contributed by atoms with E-state index in [-0.39, 0.29) is 11.9 Å². The van der Waals surface area contributed by atoms with Crippen LogP contribution in [0.5, 0.6) is 0 Å². The maximum Gasteiger partial charge on any atom is 0.251 e. The van der Waals surface area contributed by atoms with E-state index in [2.05, 4.69) is 5.32 Å². The maximum atomic E-state index is 13.1. The topological polar surface area (TPSA) is 29.1 Å². The molecule has 19 heavy (non-hydrogen) atoms. The van der Waals surface area contributed by atoms with E-state index < -0.39 is 5.82 Å². The highest BCUT2D eigenvalue weighted by Gasteiger charge is 2.13. The third kappa shape index (κ3) is 3.19. The Kier molecular flexibility index (Phi) is 3.95. The third-order valence-corrected chi connectivity index (χ3v) is 3.09. The standard InChI is InChI=1S/C16H16FNO/c1-11-6-3-4-9-15(11)12(2)18-16(19)13-7-5-8-14(17)10-13/h3-10,12H,1-2H3,(H,18,19). The molecule has 1 unspecified atom stereocenters.